The lowest BCUT2D eigenvalue weighted by atomic mass is 10.1. The second kappa shape index (κ2) is 5.83. The molecular weight excluding hydrogens is 266 g/mol. The molecule has 0 saturated heterocycles. The number of rotatable bonds is 4. The molecule has 102 valence electrons. The lowest BCUT2D eigenvalue weighted by Gasteiger charge is -2.12. The number of aliphatic carboxylic acids is 1. The predicted molar refractivity (Wildman–Crippen MR) is 70.9 cm³/mol. The molecule has 0 bridgehead atoms. The largest absolute Gasteiger partial charge is 0.481 e. The van der Waals surface area contributed by atoms with E-state index >= 15 is 0 Å². The Hall–Kier alpha value is -1.89. The summed E-state index contributed by atoms with van der Waals surface area (Å²) >= 11 is 1.53. The summed E-state index contributed by atoms with van der Waals surface area (Å²) in [7, 11) is 0. The molecular formula is C12H15N3O3S. The number of hydrogen-bond donors (Lipinski definition) is 3. The van der Waals surface area contributed by atoms with Crippen molar-refractivity contribution < 1.29 is 14.7 Å². The highest BCUT2D eigenvalue weighted by Crippen LogP contribution is 2.17. The minimum atomic E-state index is -0.862. The van der Waals surface area contributed by atoms with E-state index < -0.39 is 11.9 Å². The van der Waals surface area contributed by atoms with Gasteiger partial charge >= 0.3 is 12.0 Å². The minimum Gasteiger partial charge on any atom is -0.481 e. The van der Waals surface area contributed by atoms with E-state index in [1.807, 2.05) is 12.3 Å². The normalized spacial score (nSPS) is 21.3. The monoisotopic (exact) mass is 281 g/mol. The van der Waals surface area contributed by atoms with Crippen molar-refractivity contribution in [2.24, 2.45) is 5.92 Å². The summed E-state index contributed by atoms with van der Waals surface area (Å²) in [5, 5.41) is 17.1. The molecule has 6 nitrogen and oxygen atoms in total. The van der Waals surface area contributed by atoms with Gasteiger partial charge in [-0.25, -0.2) is 9.78 Å². The van der Waals surface area contributed by atoms with Crippen molar-refractivity contribution in [3.05, 3.63) is 28.2 Å². The number of thiazole rings is 1. The van der Waals surface area contributed by atoms with Gasteiger partial charge in [0.15, 0.2) is 0 Å². The van der Waals surface area contributed by atoms with Crippen LogP contribution >= 0.6 is 11.3 Å². The van der Waals surface area contributed by atoms with Crippen LogP contribution in [0, 0.1) is 12.8 Å². The maximum atomic E-state index is 11.6. The lowest BCUT2D eigenvalue weighted by Crippen LogP contribution is -2.40. The van der Waals surface area contributed by atoms with Crippen molar-refractivity contribution >= 4 is 23.3 Å². The van der Waals surface area contributed by atoms with Crippen LogP contribution in [0.5, 0.6) is 0 Å². The molecule has 2 unspecified atom stereocenters. The van der Waals surface area contributed by atoms with Crippen molar-refractivity contribution in [3.63, 3.8) is 0 Å². The van der Waals surface area contributed by atoms with Gasteiger partial charge in [0, 0.05) is 5.38 Å². The second-order valence-electron chi connectivity index (χ2n) is 4.36. The number of amides is 2. The Morgan fingerprint density at radius 3 is 2.89 bits per heavy atom. The number of nitrogens with zero attached hydrogens (tertiary/aromatic N) is 1. The summed E-state index contributed by atoms with van der Waals surface area (Å²) in [4.78, 5) is 26.6. The van der Waals surface area contributed by atoms with Crippen LogP contribution in [0.1, 0.15) is 17.1 Å². The van der Waals surface area contributed by atoms with Gasteiger partial charge in [0.05, 0.1) is 29.2 Å². The molecule has 0 fully saturated rings. The maximum absolute atomic E-state index is 11.6. The van der Waals surface area contributed by atoms with Crippen molar-refractivity contribution in [1.82, 2.24) is 15.6 Å². The molecule has 1 aromatic rings. The number of hydrogen-bond acceptors (Lipinski definition) is 4. The first-order valence-corrected chi connectivity index (χ1v) is 6.79. The highest BCUT2D eigenvalue weighted by atomic mass is 32.1. The Labute approximate surface area is 114 Å². The van der Waals surface area contributed by atoms with E-state index in [0.29, 0.717) is 13.0 Å². The maximum Gasteiger partial charge on any atom is 0.315 e. The number of carbonyl (C=O) groups excluding carboxylic acids is 1. The van der Waals surface area contributed by atoms with Gasteiger partial charge in [0.25, 0.3) is 0 Å². The molecule has 1 aromatic heterocycles. The highest BCUT2D eigenvalue weighted by Gasteiger charge is 2.25. The third-order valence-electron chi connectivity index (χ3n) is 2.81. The molecule has 0 saturated carbocycles. The number of carboxylic acid groups (broad SMARTS) is 1. The van der Waals surface area contributed by atoms with Crippen molar-refractivity contribution in [2.75, 3.05) is 0 Å². The predicted octanol–water partition coefficient (Wildman–Crippen LogP) is 1.28. The Balaban J connectivity index is 1.74. The van der Waals surface area contributed by atoms with Gasteiger partial charge in [-0.1, -0.05) is 12.2 Å². The number of urea groups is 1. The summed E-state index contributed by atoms with van der Waals surface area (Å²) in [6.07, 6.45) is 3.72. The SMILES string of the molecule is Cc1nc(CNC(=O)NC2C=CC(C(=O)O)C2)cs1. The number of carbonyl (C=O) groups is 2. The summed E-state index contributed by atoms with van der Waals surface area (Å²) in [5.41, 5.74) is 0.822. The highest BCUT2D eigenvalue weighted by molar-refractivity contribution is 7.09. The summed E-state index contributed by atoms with van der Waals surface area (Å²) in [6, 6.07) is -0.537. The van der Waals surface area contributed by atoms with Crippen molar-refractivity contribution in [1.29, 1.82) is 0 Å². The molecule has 1 heterocycles. The average molecular weight is 281 g/mol. The first-order chi connectivity index (χ1) is 9.04. The van der Waals surface area contributed by atoms with Gasteiger partial charge in [0.1, 0.15) is 0 Å². The molecule has 0 radical (unpaired) electrons. The van der Waals surface area contributed by atoms with Crippen LogP contribution in [0.3, 0.4) is 0 Å². The van der Waals surface area contributed by atoms with E-state index in [4.69, 9.17) is 5.11 Å². The fourth-order valence-electron chi connectivity index (χ4n) is 1.87. The number of nitrogens with one attached hydrogen (secondary N) is 2. The zero-order valence-electron chi connectivity index (χ0n) is 10.4. The lowest BCUT2D eigenvalue weighted by molar-refractivity contribution is -0.140. The van der Waals surface area contributed by atoms with Gasteiger partial charge in [-0.15, -0.1) is 11.3 Å². The molecule has 0 spiro atoms. The molecule has 7 heteroatoms. The van der Waals surface area contributed by atoms with Gasteiger partial charge in [-0.3, -0.25) is 4.79 Å². The van der Waals surface area contributed by atoms with Gasteiger partial charge in [0.2, 0.25) is 0 Å². The van der Waals surface area contributed by atoms with E-state index in [1.54, 1.807) is 12.2 Å². The van der Waals surface area contributed by atoms with Gasteiger partial charge < -0.3 is 15.7 Å². The quantitative estimate of drug-likeness (QED) is 0.725. The van der Waals surface area contributed by atoms with Crippen LogP contribution in [0.4, 0.5) is 4.79 Å². The second-order valence-corrected chi connectivity index (χ2v) is 5.42. The average Bonchev–Trinajstić information content (AvgIpc) is 2.96. The minimum absolute atomic E-state index is 0.224. The molecule has 0 aliphatic heterocycles. The van der Waals surface area contributed by atoms with Crippen LogP contribution in [-0.2, 0) is 11.3 Å². The van der Waals surface area contributed by atoms with Crippen molar-refractivity contribution in [2.45, 2.75) is 25.9 Å². The third-order valence-corrected chi connectivity index (χ3v) is 3.64. The van der Waals surface area contributed by atoms with Crippen LogP contribution < -0.4 is 10.6 Å². The Kier molecular flexibility index (Phi) is 4.16. The first kappa shape index (κ1) is 13.5. The van der Waals surface area contributed by atoms with E-state index in [0.717, 1.165) is 10.7 Å². The van der Waals surface area contributed by atoms with Crippen LogP contribution in [-0.4, -0.2) is 28.1 Å². The summed E-state index contributed by atoms with van der Waals surface area (Å²) < 4.78 is 0. The third kappa shape index (κ3) is 3.78. The van der Waals surface area contributed by atoms with Crippen molar-refractivity contribution in [3.8, 4) is 0 Å². The van der Waals surface area contributed by atoms with Gasteiger partial charge in [-0.05, 0) is 13.3 Å². The first-order valence-electron chi connectivity index (χ1n) is 5.91. The number of aryl methyl sites for hydroxylation is 1. The van der Waals surface area contributed by atoms with Crippen LogP contribution in [0.2, 0.25) is 0 Å². The van der Waals surface area contributed by atoms with Crippen LogP contribution in [0.25, 0.3) is 0 Å². The molecule has 19 heavy (non-hydrogen) atoms. The zero-order chi connectivity index (χ0) is 13.8. The van der Waals surface area contributed by atoms with E-state index in [9.17, 15) is 9.59 Å². The molecule has 2 atom stereocenters. The fourth-order valence-corrected chi connectivity index (χ4v) is 2.48. The van der Waals surface area contributed by atoms with E-state index in [1.165, 1.54) is 11.3 Å². The fraction of sp³-hybridized carbons (Fsp3) is 0.417. The van der Waals surface area contributed by atoms with E-state index in [2.05, 4.69) is 15.6 Å². The Morgan fingerprint density at radius 1 is 1.53 bits per heavy atom. The zero-order valence-corrected chi connectivity index (χ0v) is 11.2. The topological polar surface area (TPSA) is 91.3 Å². The summed E-state index contributed by atoms with van der Waals surface area (Å²) in [5.74, 6) is -1.37. The molecule has 3 N–H and O–H groups in total. The molecule has 2 rings (SSSR count). The Morgan fingerprint density at radius 2 is 2.32 bits per heavy atom. The molecule has 2 amide bonds. The Bertz CT molecular complexity index is 512. The smallest absolute Gasteiger partial charge is 0.315 e. The number of aromatic nitrogens is 1. The molecule has 0 aromatic carbocycles. The van der Waals surface area contributed by atoms with E-state index in [-0.39, 0.29) is 12.1 Å². The standard InChI is InChI=1S/C12H15N3O3S/c1-7-14-10(6-19-7)5-13-12(18)15-9-3-2-8(4-9)11(16)17/h2-3,6,8-9H,4-5H2,1H3,(H,16,17)(H2,13,15,18). The number of carboxylic acids is 1. The van der Waals surface area contributed by atoms with Gasteiger partial charge in [-0.2, -0.15) is 0 Å². The van der Waals surface area contributed by atoms with Crippen LogP contribution in [0.15, 0.2) is 17.5 Å². The molecule has 1 aliphatic carbocycles. The summed E-state index contributed by atoms with van der Waals surface area (Å²) in [6.45, 7) is 2.28. The molecule has 1 aliphatic rings.